The molecule has 16 heavy (non-hydrogen) atoms. The smallest absolute Gasteiger partial charge is 0.323 e. The van der Waals surface area contributed by atoms with Crippen LogP contribution in [0.2, 0.25) is 0 Å². The molecule has 1 aromatic rings. The van der Waals surface area contributed by atoms with Gasteiger partial charge in [-0.05, 0) is 31.0 Å². The summed E-state index contributed by atoms with van der Waals surface area (Å²) in [6.45, 7) is 1.97. The molecule has 0 aliphatic carbocycles. The highest BCUT2D eigenvalue weighted by atomic mass is 16.5. The molecule has 0 bridgehead atoms. The van der Waals surface area contributed by atoms with Gasteiger partial charge < -0.3 is 20.7 Å². The summed E-state index contributed by atoms with van der Waals surface area (Å²) in [5.74, 6) is -0.623. The molecule has 0 heterocycles. The van der Waals surface area contributed by atoms with Crippen LogP contribution in [-0.2, 0) is 16.0 Å². The highest BCUT2D eigenvalue weighted by Crippen LogP contribution is 2.21. The molecule has 88 valence electrons. The van der Waals surface area contributed by atoms with Gasteiger partial charge in [0.05, 0.1) is 6.61 Å². The van der Waals surface area contributed by atoms with Crippen molar-refractivity contribution in [2.75, 3.05) is 6.61 Å². The van der Waals surface area contributed by atoms with Crippen LogP contribution in [0, 0.1) is 0 Å². The van der Waals surface area contributed by atoms with Gasteiger partial charge in [0.1, 0.15) is 17.5 Å². The third kappa shape index (κ3) is 3.43. The average molecular weight is 225 g/mol. The molecule has 4 N–H and O–H groups in total. The van der Waals surface area contributed by atoms with Crippen molar-refractivity contribution in [2.24, 2.45) is 5.73 Å². The number of phenolic OH excluding ortho intramolecular Hbond substituents is 2. The van der Waals surface area contributed by atoms with Crippen LogP contribution in [0.25, 0.3) is 0 Å². The second kappa shape index (κ2) is 5.37. The predicted molar refractivity (Wildman–Crippen MR) is 58.1 cm³/mol. The van der Waals surface area contributed by atoms with Crippen LogP contribution in [0.5, 0.6) is 11.5 Å². The standard InChI is InChI=1S/C11H15NO4/c1-2-16-11(15)10(12)5-7-3-8(13)6-9(14)4-7/h3-4,6,10,13-14H,2,5,12H2,1H3. The molecular formula is C11H15NO4. The molecule has 0 aromatic heterocycles. The van der Waals surface area contributed by atoms with E-state index in [4.69, 9.17) is 10.5 Å². The average Bonchev–Trinajstić information content (AvgIpc) is 2.16. The maximum absolute atomic E-state index is 11.2. The molecular weight excluding hydrogens is 210 g/mol. The summed E-state index contributed by atoms with van der Waals surface area (Å²) >= 11 is 0. The lowest BCUT2D eigenvalue weighted by atomic mass is 10.1. The van der Waals surface area contributed by atoms with E-state index in [0.717, 1.165) is 0 Å². The van der Waals surface area contributed by atoms with Gasteiger partial charge in [0.15, 0.2) is 0 Å². The maximum Gasteiger partial charge on any atom is 0.323 e. The van der Waals surface area contributed by atoms with Crippen molar-refractivity contribution in [1.29, 1.82) is 0 Å². The number of hydrogen-bond donors (Lipinski definition) is 3. The van der Waals surface area contributed by atoms with Gasteiger partial charge in [-0.3, -0.25) is 4.79 Å². The van der Waals surface area contributed by atoms with E-state index in [1.807, 2.05) is 0 Å². The Morgan fingerprint density at radius 1 is 1.38 bits per heavy atom. The number of carbonyl (C=O) groups excluding carboxylic acids is 1. The molecule has 1 unspecified atom stereocenters. The molecule has 1 rings (SSSR count). The van der Waals surface area contributed by atoms with Gasteiger partial charge in [0.2, 0.25) is 0 Å². The van der Waals surface area contributed by atoms with Crippen molar-refractivity contribution in [3.63, 3.8) is 0 Å². The topological polar surface area (TPSA) is 92.8 Å². The molecule has 0 aliphatic rings. The highest BCUT2D eigenvalue weighted by Gasteiger charge is 2.15. The summed E-state index contributed by atoms with van der Waals surface area (Å²) < 4.78 is 4.75. The zero-order valence-electron chi connectivity index (χ0n) is 9.01. The number of ether oxygens (including phenoxy) is 1. The lowest BCUT2D eigenvalue weighted by Gasteiger charge is -2.10. The Bertz CT molecular complexity index is 358. The zero-order valence-corrected chi connectivity index (χ0v) is 9.01. The Morgan fingerprint density at radius 3 is 2.44 bits per heavy atom. The molecule has 5 nitrogen and oxygen atoms in total. The van der Waals surface area contributed by atoms with Crippen LogP contribution in [0.15, 0.2) is 18.2 Å². The molecule has 0 saturated heterocycles. The minimum Gasteiger partial charge on any atom is -0.508 e. The normalized spacial score (nSPS) is 12.1. The van der Waals surface area contributed by atoms with Gasteiger partial charge in [-0.1, -0.05) is 0 Å². The van der Waals surface area contributed by atoms with Crippen LogP contribution in [0.1, 0.15) is 12.5 Å². The summed E-state index contributed by atoms with van der Waals surface area (Å²) in [5, 5.41) is 18.5. The quantitative estimate of drug-likeness (QED) is 0.650. The molecule has 0 amide bonds. The first-order valence-electron chi connectivity index (χ1n) is 4.97. The van der Waals surface area contributed by atoms with E-state index in [1.54, 1.807) is 6.92 Å². The number of aromatic hydroxyl groups is 2. The second-order valence-electron chi connectivity index (χ2n) is 3.42. The lowest BCUT2D eigenvalue weighted by molar-refractivity contribution is -0.144. The first-order valence-corrected chi connectivity index (χ1v) is 4.97. The number of carbonyl (C=O) groups is 1. The Balaban J connectivity index is 2.69. The number of esters is 1. The highest BCUT2D eigenvalue weighted by molar-refractivity contribution is 5.75. The van der Waals surface area contributed by atoms with E-state index in [9.17, 15) is 15.0 Å². The van der Waals surface area contributed by atoms with E-state index >= 15 is 0 Å². The third-order valence-electron chi connectivity index (χ3n) is 2.01. The Morgan fingerprint density at radius 2 is 1.94 bits per heavy atom. The Hall–Kier alpha value is -1.75. The third-order valence-corrected chi connectivity index (χ3v) is 2.01. The number of benzene rings is 1. The molecule has 0 spiro atoms. The molecule has 0 saturated carbocycles. The summed E-state index contributed by atoms with van der Waals surface area (Å²) in [7, 11) is 0. The fraction of sp³-hybridized carbons (Fsp3) is 0.364. The van der Waals surface area contributed by atoms with Gasteiger partial charge in [-0.15, -0.1) is 0 Å². The largest absolute Gasteiger partial charge is 0.508 e. The van der Waals surface area contributed by atoms with Crippen LogP contribution in [-0.4, -0.2) is 28.8 Å². The van der Waals surface area contributed by atoms with E-state index in [2.05, 4.69) is 0 Å². The Kier molecular flexibility index (Phi) is 4.13. The predicted octanol–water partition coefficient (Wildman–Crippen LogP) is 0.531. The van der Waals surface area contributed by atoms with Gasteiger partial charge in [-0.2, -0.15) is 0 Å². The van der Waals surface area contributed by atoms with Gasteiger partial charge in [0.25, 0.3) is 0 Å². The number of phenols is 2. The summed E-state index contributed by atoms with van der Waals surface area (Å²) in [4.78, 5) is 11.2. The van der Waals surface area contributed by atoms with Gasteiger partial charge in [-0.25, -0.2) is 0 Å². The minimum atomic E-state index is -0.791. The summed E-state index contributed by atoms with van der Waals surface area (Å²) in [6, 6.07) is 3.30. The number of nitrogens with two attached hydrogens (primary N) is 1. The van der Waals surface area contributed by atoms with Crippen LogP contribution >= 0.6 is 0 Å². The molecule has 0 aliphatic heterocycles. The first kappa shape index (κ1) is 12.3. The first-order chi connectivity index (χ1) is 7.52. The van der Waals surface area contributed by atoms with Gasteiger partial charge >= 0.3 is 5.97 Å². The Labute approximate surface area is 93.5 Å². The zero-order chi connectivity index (χ0) is 12.1. The fourth-order valence-electron chi connectivity index (χ4n) is 1.36. The van der Waals surface area contributed by atoms with Crippen molar-refractivity contribution in [3.05, 3.63) is 23.8 Å². The van der Waals surface area contributed by atoms with Crippen molar-refractivity contribution in [3.8, 4) is 11.5 Å². The number of rotatable bonds is 4. The van der Waals surface area contributed by atoms with Crippen LogP contribution < -0.4 is 5.73 Å². The minimum absolute atomic E-state index is 0.0638. The SMILES string of the molecule is CCOC(=O)C(N)Cc1cc(O)cc(O)c1. The lowest BCUT2D eigenvalue weighted by Crippen LogP contribution is -2.34. The van der Waals surface area contributed by atoms with Gasteiger partial charge in [0, 0.05) is 6.07 Å². The van der Waals surface area contributed by atoms with Crippen molar-refractivity contribution < 1.29 is 19.7 Å². The molecule has 1 aromatic carbocycles. The van der Waals surface area contributed by atoms with Crippen molar-refractivity contribution in [2.45, 2.75) is 19.4 Å². The molecule has 1 atom stereocenters. The second-order valence-corrected chi connectivity index (χ2v) is 3.42. The van der Waals surface area contributed by atoms with E-state index in [1.165, 1.54) is 18.2 Å². The van der Waals surface area contributed by atoms with E-state index < -0.39 is 12.0 Å². The number of hydrogen-bond acceptors (Lipinski definition) is 5. The molecule has 0 fully saturated rings. The molecule has 0 radical (unpaired) electrons. The maximum atomic E-state index is 11.2. The summed E-state index contributed by atoms with van der Waals surface area (Å²) in [5.41, 5.74) is 6.18. The monoisotopic (exact) mass is 225 g/mol. The molecule has 5 heteroatoms. The van der Waals surface area contributed by atoms with Crippen molar-refractivity contribution >= 4 is 5.97 Å². The fourth-order valence-corrected chi connectivity index (χ4v) is 1.36. The van der Waals surface area contributed by atoms with Crippen LogP contribution in [0.4, 0.5) is 0 Å². The van der Waals surface area contributed by atoms with Crippen LogP contribution in [0.3, 0.4) is 0 Å². The van der Waals surface area contributed by atoms with Crippen molar-refractivity contribution in [1.82, 2.24) is 0 Å². The summed E-state index contributed by atoms with van der Waals surface area (Å²) in [6.07, 6.45) is 0.209. The van der Waals surface area contributed by atoms with E-state index in [-0.39, 0.29) is 24.5 Å². The van der Waals surface area contributed by atoms with E-state index in [0.29, 0.717) is 5.56 Å².